The maximum atomic E-state index is 5.30. The number of methoxy groups -OCH3 is 1. The predicted octanol–water partition coefficient (Wildman–Crippen LogP) is 6.29. The molecule has 0 spiro atoms. The molecule has 0 bridgehead atoms. The van der Waals surface area contributed by atoms with Crippen molar-refractivity contribution in [2.24, 2.45) is 0 Å². The lowest BCUT2D eigenvalue weighted by Gasteiger charge is -2.26. The molecule has 0 aliphatic rings. The number of ether oxygens (including phenoxy) is 1. The monoisotopic (exact) mass is 331 g/mol. The first kappa shape index (κ1) is 17.1. The third-order valence-electron chi connectivity index (χ3n) is 4.54. The lowest BCUT2D eigenvalue weighted by atomic mass is 10.1. The van der Waals surface area contributed by atoms with E-state index in [1.54, 1.807) is 7.11 Å². The summed E-state index contributed by atoms with van der Waals surface area (Å²) in [5.41, 5.74) is 6.13. The molecule has 0 N–H and O–H groups in total. The van der Waals surface area contributed by atoms with Crippen molar-refractivity contribution < 1.29 is 4.74 Å². The molecule has 0 aliphatic heterocycles. The van der Waals surface area contributed by atoms with Gasteiger partial charge in [-0.2, -0.15) is 0 Å². The first-order valence-electron chi connectivity index (χ1n) is 8.87. The fourth-order valence-corrected chi connectivity index (χ4v) is 2.94. The number of benzene rings is 3. The minimum Gasteiger partial charge on any atom is -0.497 e. The third-order valence-corrected chi connectivity index (χ3v) is 4.54. The molecule has 0 amide bonds. The van der Waals surface area contributed by atoms with Crippen molar-refractivity contribution in [1.82, 2.24) is 0 Å². The van der Waals surface area contributed by atoms with Crippen LogP contribution >= 0.6 is 0 Å². The lowest BCUT2D eigenvalue weighted by molar-refractivity contribution is 0.415. The Hall–Kier alpha value is -2.74. The highest BCUT2D eigenvalue weighted by Gasteiger charge is 2.12. The number of anilines is 3. The van der Waals surface area contributed by atoms with Crippen LogP contribution in [0.5, 0.6) is 5.75 Å². The molecule has 3 aromatic carbocycles. The Bertz CT molecular complexity index is 676. The maximum Gasteiger partial charge on any atom is 0.119 e. The summed E-state index contributed by atoms with van der Waals surface area (Å²) < 4.78 is 5.30. The van der Waals surface area contributed by atoms with Crippen molar-refractivity contribution in [3.05, 3.63) is 83.9 Å². The summed E-state index contributed by atoms with van der Waals surface area (Å²) in [7, 11) is 1.69. The summed E-state index contributed by atoms with van der Waals surface area (Å²) in [5, 5.41) is 0. The second kappa shape index (κ2) is 7.89. The van der Waals surface area contributed by atoms with Crippen LogP contribution in [-0.4, -0.2) is 7.11 Å². The molecule has 3 aromatic rings. The molecule has 0 aromatic heterocycles. The van der Waals surface area contributed by atoms with Gasteiger partial charge in [0.25, 0.3) is 0 Å². The van der Waals surface area contributed by atoms with E-state index in [1.165, 1.54) is 11.1 Å². The van der Waals surface area contributed by atoms with E-state index in [9.17, 15) is 0 Å². The van der Waals surface area contributed by atoms with E-state index < -0.39 is 0 Å². The minimum atomic E-state index is 0.867. The van der Waals surface area contributed by atoms with Crippen LogP contribution in [0, 0.1) is 0 Å². The van der Waals surface area contributed by atoms with Crippen molar-refractivity contribution in [2.45, 2.75) is 26.7 Å². The van der Waals surface area contributed by atoms with Gasteiger partial charge in [-0.1, -0.05) is 38.1 Å². The largest absolute Gasteiger partial charge is 0.497 e. The fraction of sp³-hybridized carbons (Fsp3) is 0.217. The molecule has 0 aliphatic carbocycles. The van der Waals surface area contributed by atoms with Gasteiger partial charge in [0.1, 0.15) is 5.75 Å². The van der Waals surface area contributed by atoms with E-state index in [1.807, 2.05) is 12.1 Å². The van der Waals surface area contributed by atoms with Crippen molar-refractivity contribution in [1.29, 1.82) is 0 Å². The molecule has 0 radical (unpaired) electrons. The number of aryl methyl sites for hydroxylation is 2. The normalized spacial score (nSPS) is 10.5. The number of rotatable bonds is 6. The van der Waals surface area contributed by atoms with E-state index in [0.29, 0.717) is 0 Å². The maximum absolute atomic E-state index is 5.30. The highest BCUT2D eigenvalue weighted by atomic mass is 16.5. The van der Waals surface area contributed by atoms with Crippen LogP contribution in [0.15, 0.2) is 72.8 Å². The second-order valence-corrected chi connectivity index (χ2v) is 6.07. The van der Waals surface area contributed by atoms with Crippen LogP contribution in [0.25, 0.3) is 0 Å². The third kappa shape index (κ3) is 3.85. The molecular weight excluding hydrogens is 306 g/mol. The zero-order chi connectivity index (χ0) is 17.6. The summed E-state index contributed by atoms with van der Waals surface area (Å²) in [4.78, 5) is 2.28. The summed E-state index contributed by atoms with van der Waals surface area (Å²) in [6.45, 7) is 4.36. The fourth-order valence-electron chi connectivity index (χ4n) is 2.94. The van der Waals surface area contributed by atoms with Crippen LogP contribution < -0.4 is 9.64 Å². The van der Waals surface area contributed by atoms with Crippen LogP contribution in [0.1, 0.15) is 25.0 Å². The molecule has 2 nitrogen and oxygen atoms in total. The van der Waals surface area contributed by atoms with E-state index in [-0.39, 0.29) is 0 Å². The van der Waals surface area contributed by atoms with Gasteiger partial charge in [-0.15, -0.1) is 0 Å². The van der Waals surface area contributed by atoms with Crippen LogP contribution in [0.2, 0.25) is 0 Å². The Balaban J connectivity index is 2.04. The Morgan fingerprint density at radius 1 is 0.600 bits per heavy atom. The zero-order valence-corrected chi connectivity index (χ0v) is 15.2. The highest BCUT2D eigenvalue weighted by molar-refractivity contribution is 5.76. The van der Waals surface area contributed by atoms with Crippen LogP contribution in [0.4, 0.5) is 17.1 Å². The summed E-state index contributed by atoms with van der Waals surface area (Å²) in [6, 6.07) is 25.8. The standard InChI is InChI=1S/C23H25NO/c1-4-18-6-10-20(11-7-18)24(21-12-8-19(5-2)9-13-21)22-14-16-23(25-3)17-15-22/h6-17H,4-5H2,1-3H3. The molecule has 25 heavy (non-hydrogen) atoms. The number of nitrogens with zero attached hydrogens (tertiary/aromatic N) is 1. The van der Waals surface area contributed by atoms with Gasteiger partial charge in [0.05, 0.1) is 7.11 Å². The molecule has 2 heteroatoms. The van der Waals surface area contributed by atoms with Gasteiger partial charge in [0.2, 0.25) is 0 Å². The quantitative estimate of drug-likeness (QED) is 0.526. The Kier molecular flexibility index (Phi) is 5.39. The van der Waals surface area contributed by atoms with Crippen molar-refractivity contribution in [3.8, 4) is 5.75 Å². The molecule has 0 heterocycles. The zero-order valence-electron chi connectivity index (χ0n) is 15.2. The lowest BCUT2D eigenvalue weighted by Crippen LogP contribution is -2.10. The molecule has 0 atom stereocenters. The number of hydrogen-bond donors (Lipinski definition) is 0. The van der Waals surface area contributed by atoms with E-state index in [0.717, 1.165) is 35.7 Å². The van der Waals surface area contributed by atoms with E-state index in [2.05, 4.69) is 79.4 Å². The topological polar surface area (TPSA) is 12.5 Å². The summed E-state index contributed by atoms with van der Waals surface area (Å²) in [5.74, 6) is 0.867. The molecule has 0 saturated heterocycles. The van der Waals surface area contributed by atoms with Gasteiger partial charge in [-0.25, -0.2) is 0 Å². The van der Waals surface area contributed by atoms with Gasteiger partial charge in [-0.3, -0.25) is 0 Å². The molecule has 0 unspecified atom stereocenters. The summed E-state index contributed by atoms with van der Waals surface area (Å²) in [6.07, 6.45) is 2.10. The molecular formula is C23H25NO. The molecule has 128 valence electrons. The van der Waals surface area contributed by atoms with E-state index >= 15 is 0 Å². The first-order valence-corrected chi connectivity index (χ1v) is 8.87. The molecule has 0 saturated carbocycles. The Labute approximate surface area is 150 Å². The molecule has 0 fully saturated rings. The minimum absolute atomic E-state index is 0.867. The highest BCUT2D eigenvalue weighted by Crippen LogP contribution is 2.35. The van der Waals surface area contributed by atoms with Crippen LogP contribution in [-0.2, 0) is 12.8 Å². The molecule has 3 rings (SSSR count). The summed E-state index contributed by atoms with van der Waals surface area (Å²) >= 11 is 0. The Morgan fingerprint density at radius 3 is 1.28 bits per heavy atom. The average molecular weight is 331 g/mol. The van der Waals surface area contributed by atoms with Crippen molar-refractivity contribution in [3.63, 3.8) is 0 Å². The van der Waals surface area contributed by atoms with Crippen molar-refractivity contribution in [2.75, 3.05) is 12.0 Å². The van der Waals surface area contributed by atoms with Gasteiger partial charge in [0, 0.05) is 17.1 Å². The van der Waals surface area contributed by atoms with E-state index in [4.69, 9.17) is 4.74 Å². The SMILES string of the molecule is CCc1ccc(N(c2ccc(CC)cc2)c2ccc(OC)cc2)cc1. The van der Waals surface area contributed by atoms with Gasteiger partial charge >= 0.3 is 0 Å². The number of hydrogen-bond acceptors (Lipinski definition) is 2. The van der Waals surface area contributed by atoms with Gasteiger partial charge in [0.15, 0.2) is 0 Å². The predicted molar refractivity (Wildman–Crippen MR) is 106 cm³/mol. The second-order valence-electron chi connectivity index (χ2n) is 6.07. The van der Waals surface area contributed by atoms with Crippen LogP contribution in [0.3, 0.4) is 0 Å². The van der Waals surface area contributed by atoms with Gasteiger partial charge < -0.3 is 9.64 Å². The average Bonchev–Trinajstić information content (AvgIpc) is 2.70. The first-order chi connectivity index (χ1) is 12.2. The van der Waals surface area contributed by atoms with Gasteiger partial charge in [-0.05, 0) is 72.5 Å². The smallest absolute Gasteiger partial charge is 0.119 e. The Morgan fingerprint density at radius 2 is 0.960 bits per heavy atom. The van der Waals surface area contributed by atoms with Crippen molar-refractivity contribution >= 4 is 17.1 Å².